The molecule has 2 heterocycles. The molecule has 1 N–H and O–H groups in total. The Kier molecular flexibility index (Phi) is 4.73. The van der Waals surface area contributed by atoms with Crippen LogP contribution in [0, 0.1) is 5.92 Å². The van der Waals surface area contributed by atoms with E-state index in [1.807, 2.05) is 44.2 Å². The standard InChI is InChI=1S/C18H23NO4Se/c1-11(2)23-17(22)18(24-13-7-5-4-6-8-13)10-9-14-15(12(3)20)16(21)19(14)18/h4-8,11-12,14-15,20H,9-10H2,1-3H3/t12-,14-,15-,18?/m1/s1. The molecule has 0 aliphatic carbocycles. The Morgan fingerprint density at radius 2 is 2.00 bits per heavy atom. The van der Waals surface area contributed by atoms with Gasteiger partial charge in [0.1, 0.15) is 0 Å². The van der Waals surface area contributed by atoms with Gasteiger partial charge in [0.05, 0.1) is 0 Å². The Labute approximate surface area is 148 Å². The van der Waals surface area contributed by atoms with Crippen LogP contribution in [0.25, 0.3) is 0 Å². The van der Waals surface area contributed by atoms with Gasteiger partial charge < -0.3 is 0 Å². The number of nitrogens with zero attached hydrogens (tertiary/aromatic N) is 1. The number of aliphatic hydroxyl groups is 1. The van der Waals surface area contributed by atoms with Crippen LogP contribution < -0.4 is 4.46 Å². The van der Waals surface area contributed by atoms with Crippen LogP contribution in [0.2, 0.25) is 0 Å². The Morgan fingerprint density at radius 1 is 1.33 bits per heavy atom. The van der Waals surface area contributed by atoms with Crippen LogP contribution in [0.15, 0.2) is 30.3 Å². The van der Waals surface area contributed by atoms with Crippen LogP contribution in [0.4, 0.5) is 0 Å². The van der Waals surface area contributed by atoms with E-state index < -0.39 is 10.5 Å². The van der Waals surface area contributed by atoms with Crippen molar-refractivity contribution >= 4 is 31.3 Å². The molecule has 24 heavy (non-hydrogen) atoms. The molecule has 2 saturated heterocycles. The van der Waals surface area contributed by atoms with Crippen LogP contribution >= 0.6 is 0 Å². The Bertz CT molecular complexity index is 633. The number of β-lactam (4-membered cyclic amide) rings is 1. The average molecular weight is 396 g/mol. The number of amides is 1. The number of esters is 1. The summed E-state index contributed by atoms with van der Waals surface area (Å²) in [7, 11) is 0. The molecule has 4 atom stereocenters. The number of benzene rings is 1. The predicted octanol–water partition coefficient (Wildman–Crippen LogP) is 0.666. The van der Waals surface area contributed by atoms with Crippen LogP contribution in [-0.4, -0.2) is 59.5 Å². The maximum atomic E-state index is 12.9. The Morgan fingerprint density at radius 3 is 2.58 bits per heavy atom. The second kappa shape index (κ2) is 6.51. The molecule has 6 heteroatoms. The molecule has 2 aliphatic heterocycles. The van der Waals surface area contributed by atoms with Gasteiger partial charge in [0, 0.05) is 0 Å². The van der Waals surface area contributed by atoms with Crippen molar-refractivity contribution in [3.8, 4) is 0 Å². The third-order valence-electron chi connectivity index (χ3n) is 4.65. The Balaban J connectivity index is 1.93. The fourth-order valence-electron chi connectivity index (χ4n) is 3.65. The number of hydrogen-bond acceptors (Lipinski definition) is 4. The van der Waals surface area contributed by atoms with E-state index in [0.717, 1.165) is 10.9 Å². The zero-order chi connectivity index (χ0) is 17.5. The summed E-state index contributed by atoms with van der Waals surface area (Å²) in [5.41, 5.74) is 0. The molecule has 0 aromatic heterocycles. The topological polar surface area (TPSA) is 66.8 Å². The van der Waals surface area contributed by atoms with Gasteiger partial charge in [-0.15, -0.1) is 0 Å². The number of carbonyl (C=O) groups is 2. The van der Waals surface area contributed by atoms with E-state index in [0.29, 0.717) is 6.42 Å². The van der Waals surface area contributed by atoms with E-state index in [-0.39, 0.29) is 44.9 Å². The van der Waals surface area contributed by atoms with E-state index >= 15 is 0 Å². The molecule has 1 amide bonds. The van der Waals surface area contributed by atoms with Crippen molar-refractivity contribution in [1.29, 1.82) is 0 Å². The number of aliphatic hydroxyl groups excluding tert-OH is 1. The minimum absolute atomic E-state index is 0.0530. The fourth-order valence-corrected chi connectivity index (χ4v) is 6.50. The van der Waals surface area contributed by atoms with Gasteiger partial charge in [0.2, 0.25) is 0 Å². The van der Waals surface area contributed by atoms with Crippen molar-refractivity contribution in [2.75, 3.05) is 0 Å². The molecule has 130 valence electrons. The number of hydrogen-bond donors (Lipinski definition) is 1. The summed E-state index contributed by atoms with van der Waals surface area (Å²) in [4.78, 5) is 27.3. The Hall–Kier alpha value is -1.36. The molecule has 0 spiro atoms. The zero-order valence-electron chi connectivity index (χ0n) is 14.1. The van der Waals surface area contributed by atoms with Crippen LogP contribution in [0.5, 0.6) is 0 Å². The fraction of sp³-hybridized carbons (Fsp3) is 0.556. The second-order valence-electron chi connectivity index (χ2n) is 6.73. The van der Waals surface area contributed by atoms with Crippen molar-refractivity contribution in [2.45, 2.75) is 56.3 Å². The number of ether oxygens (including phenoxy) is 1. The summed E-state index contributed by atoms with van der Waals surface area (Å²) >= 11 is -0.242. The number of rotatable bonds is 5. The average Bonchev–Trinajstić information content (AvgIpc) is 2.82. The van der Waals surface area contributed by atoms with E-state index in [4.69, 9.17) is 4.74 Å². The monoisotopic (exact) mass is 397 g/mol. The normalized spacial score (nSPS) is 30.0. The molecule has 0 bridgehead atoms. The van der Waals surface area contributed by atoms with Crippen molar-refractivity contribution in [2.24, 2.45) is 5.92 Å². The molecule has 1 unspecified atom stereocenters. The first-order chi connectivity index (χ1) is 11.4. The molecule has 5 nitrogen and oxygen atoms in total. The number of carbonyl (C=O) groups excluding carboxylic acids is 2. The van der Waals surface area contributed by atoms with Crippen molar-refractivity contribution < 1.29 is 19.4 Å². The molecule has 0 saturated carbocycles. The number of fused-ring (bicyclic) bond motifs is 1. The summed E-state index contributed by atoms with van der Waals surface area (Å²) in [5, 5.41) is 9.88. The molecular weight excluding hydrogens is 373 g/mol. The van der Waals surface area contributed by atoms with Gasteiger partial charge in [0.25, 0.3) is 0 Å². The molecule has 0 radical (unpaired) electrons. The van der Waals surface area contributed by atoms with Crippen molar-refractivity contribution in [3.63, 3.8) is 0 Å². The predicted molar refractivity (Wildman–Crippen MR) is 90.8 cm³/mol. The van der Waals surface area contributed by atoms with Gasteiger partial charge in [-0.2, -0.15) is 0 Å². The summed E-state index contributed by atoms with van der Waals surface area (Å²) in [6.07, 6.45) is 0.444. The zero-order valence-corrected chi connectivity index (χ0v) is 15.9. The maximum absolute atomic E-state index is 12.9. The molecular formula is C18H23NO4Se. The summed E-state index contributed by atoms with van der Waals surface area (Å²) in [5.74, 6) is -0.808. The second-order valence-corrected chi connectivity index (χ2v) is 9.57. The van der Waals surface area contributed by atoms with Crippen LogP contribution in [0.1, 0.15) is 33.6 Å². The van der Waals surface area contributed by atoms with Crippen molar-refractivity contribution in [1.82, 2.24) is 4.90 Å². The SMILES string of the molecule is CC(C)OC(=O)C1([Se]c2ccccc2)CC[C@@H]2[C@@H]([C@@H](C)O)C(=O)N21. The van der Waals surface area contributed by atoms with Gasteiger partial charge in [-0.1, -0.05) is 0 Å². The third-order valence-corrected chi connectivity index (χ3v) is 7.61. The van der Waals surface area contributed by atoms with Gasteiger partial charge in [-0.3, -0.25) is 0 Å². The van der Waals surface area contributed by atoms with E-state index in [1.165, 1.54) is 0 Å². The quantitative estimate of drug-likeness (QED) is 0.451. The molecule has 1 aromatic carbocycles. The summed E-state index contributed by atoms with van der Waals surface area (Å²) in [6, 6.07) is 9.77. The van der Waals surface area contributed by atoms with E-state index in [2.05, 4.69) is 0 Å². The molecule has 1 aromatic rings. The van der Waals surface area contributed by atoms with Crippen molar-refractivity contribution in [3.05, 3.63) is 30.3 Å². The van der Waals surface area contributed by atoms with Gasteiger partial charge in [0.15, 0.2) is 0 Å². The van der Waals surface area contributed by atoms with E-state index in [9.17, 15) is 14.7 Å². The minimum atomic E-state index is -0.883. The van der Waals surface area contributed by atoms with Crippen LogP contribution in [0.3, 0.4) is 0 Å². The summed E-state index contributed by atoms with van der Waals surface area (Å²) < 4.78 is 5.71. The third kappa shape index (κ3) is 2.77. The molecule has 3 rings (SSSR count). The first-order valence-electron chi connectivity index (χ1n) is 8.33. The van der Waals surface area contributed by atoms with Gasteiger partial charge in [-0.25, -0.2) is 0 Å². The van der Waals surface area contributed by atoms with Gasteiger partial charge >= 0.3 is 148 Å². The van der Waals surface area contributed by atoms with Crippen LogP contribution in [-0.2, 0) is 14.3 Å². The summed E-state index contributed by atoms with van der Waals surface area (Å²) in [6.45, 7) is 5.29. The first kappa shape index (κ1) is 17.5. The van der Waals surface area contributed by atoms with Gasteiger partial charge in [-0.05, 0) is 0 Å². The van der Waals surface area contributed by atoms with E-state index in [1.54, 1.807) is 11.8 Å². The molecule has 2 fully saturated rings. The molecule has 2 aliphatic rings. The first-order valence-corrected chi connectivity index (χ1v) is 10.0.